The van der Waals surface area contributed by atoms with E-state index in [4.69, 9.17) is 4.98 Å². The van der Waals surface area contributed by atoms with E-state index in [0.717, 1.165) is 49.3 Å². The third-order valence-corrected chi connectivity index (χ3v) is 5.42. The van der Waals surface area contributed by atoms with E-state index in [2.05, 4.69) is 88.5 Å². The topological polar surface area (TPSA) is 44.3 Å². The average Bonchev–Trinajstić information content (AvgIpc) is 2.72. The highest BCUT2D eigenvalue weighted by Gasteiger charge is 2.19. The van der Waals surface area contributed by atoms with Crippen LogP contribution >= 0.6 is 0 Å². The number of aromatic nitrogens is 2. The summed E-state index contributed by atoms with van der Waals surface area (Å²) in [5, 5.41) is 3.48. The lowest BCUT2D eigenvalue weighted by atomic mass is 10.1. The van der Waals surface area contributed by atoms with E-state index < -0.39 is 0 Å². The third kappa shape index (κ3) is 3.93. The highest BCUT2D eigenvalue weighted by molar-refractivity contribution is 5.64. The summed E-state index contributed by atoms with van der Waals surface area (Å²) >= 11 is 0. The molecular formula is C23H27N5. The second-order valence-electron chi connectivity index (χ2n) is 7.34. The molecule has 0 radical (unpaired) electrons. The van der Waals surface area contributed by atoms with Gasteiger partial charge in [-0.15, -0.1) is 0 Å². The molecule has 28 heavy (non-hydrogen) atoms. The van der Waals surface area contributed by atoms with Gasteiger partial charge in [0.1, 0.15) is 17.5 Å². The van der Waals surface area contributed by atoms with Gasteiger partial charge in [-0.3, -0.25) is 0 Å². The number of para-hydroxylation sites is 1. The Morgan fingerprint density at radius 3 is 2.25 bits per heavy atom. The molecule has 1 aliphatic heterocycles. The summed E-state index contributed by atoms with van der Waals surface area (Å²) < 4.78 is 0. The van der Waals surface area contributed by atoms with Gasteiger partial charge in [0.2, 0.25) is 0 Å². The Bertz CT molecular complexity index is 946. The minimum absolute atomic E-state index is 0.788. The lowest BCUT2D eigenvalue weighted by molar-refractivity contribution is 0.646. The van der Waals surface area contributed by atoms with E-state index in [1.165, 1.54) is 16.8 Å². The zero-order chi connectivity index (χ0) is 19.5. The van der Waals surface area contributed by atoms with E-state index in [0.29, 0.717) is 0 Å². The van der Waals surface area contributed by atoms with Crippen molar-refractivity contribution in [3.63, 3.8) is 0 Å². The number of aryl methyl sites for hydroxylation is 2. The normalized spacial score (nSPS) is 14.2. The number of hydrogen-bond donors (Lipinski definition) is 1. The molecule has 0 unspecified atom stereocenters. The Kier molecular flexibility index (Phi) is 5.15. The summed E-state index contributed by atoms with van der Waals surface area (Å²) in [7, 11) is 0. The molecule has 2 heterocycles. The predicted molar refractivity (Wildman–Crippen MR) is 117 cm³/mol. The predicted octanol–water partition coefficient (Wildman–Crippen LogP) is 4.47. The van der Waals surface area contributed by atoms with Crippen LogP contribution in [-0.4, -0.2) is 36.1 Å². The van der Waals surface area contributed by atoms with Gasteiger partial charge in [-0.2, -0.15) is 0 Å². The molecule has 0 bridgehead atoms. The highest BCUT2D eigenvalue weighted by Crippen LogP contribution is 2.25. The standard InChI is InChI=1S/C23H27N5/c1-17-8-7-11-21(18(17)2)26-22-16-23(25-19(3)24-22)28-14-12-27(13-15-28)20-9-5-4-6-10-20/h4-11,16H,12-15H2,1-3H3,(H,24,25,26). The minimum atomic E-state index is 0.788. The van der Waals surface area contributed by atoms with Crippen LogP contribution < -0.4 is 15.1 Å². The zero-order valence-electron chi connectivity index (χ0n) is 16.8. The molecule has 1 N–H and O–H groups in total. The first-order valence-electron chi connectivity index (χ1n) is 9.84. The Hall–Kier alpha value is -3.08. The molecule has 4 rings (SSSR count). The molecule has 0 spiro atoms. The van der Waals surface area contributed by atoms with Gasteiger partial charge in [0.25, 0.3) is 0 Å². The summed E-state index contributed by atoms with van der Waals surface area (Å²) in [4.78, 5) is 14.1. The Balaban J connectivity index is 1.49. The molecule has 5 heteroatoms. The zero-order valence-corrected chi connectivity index (χ0v) is 16.8. The van der Waals surface area contributed by atoms with Crippen LogP contribution in [-0.2, 0) is 0 Å². The Morgan fingerprint density at radius 1 is 0.786 bits per heavy atom. The molecular weight excluding hydrogens is 346 g/mol. The second-order valence-corrected chi connectivity index (χ2v) is 7.34. The first kappa shape index (κ1) is 18.3. The van der Waals surface area contributed by atoms with Crippen LogP contribution in [0.2, 0.25) is 0 Å². The van der Waals surface area contributed by atoms with Crippen molar-refractivity contribution < 1.29 is 0 Å². The molecule has 5 nitrogen and oxygen atoms in total. The number of hydrogen-bond acceptors (Lipinski definition) is 5. The van der Waals surface area contributed by atoms with Crippen molar-refractivity contribution in [1.82, 2.24) is 9.97 Å². The summed E-state index contributed by atoms with van der Waals surface area (Å²) in [5.41, 5.74) is 4.90. The molecule has 3 aromatic rings. The van der Waals surface area contributed by atoms with Crippen molar-refractivity contribution >= 4 is 23.0 Å². The van der Waals surface area contributed by atoms with Crippen molar-refractivity contribution in [2.75, 3.05) is 41.3 Å². The highest BCUT2D eigenvalue weighted by atomic mass is 15.3. The third-order valence-electron chi connectivity index (χ3n) is 5.42. The van der Waals surface area contributed by atoms with Crippen LogP contribution in [0.3, 0.4) is 0 Å². The fraction of sp³-hybridized carbons (Fsp3) is 0.304. The Morgan fingerprint density at radius 2 is 1.50 bits per heavy atom. The van der Waals surface area contributed by atoms with E-state index >= 15 is 0 Å². The van der Waals surface area contributed by atoms with E-state index in [1.807, 2.05) is 6.92 Å². The first-order valence-corrected chi connectivity index (χ1v) is 9.84. The fourth-order valence-corrected chi connectivity index (χ4v) is 3.64. The van der Waals surface area contributed by atoms with Crippen molar-refractivity contribution in [3.8, 4) is 0 Å². The molecule has 0 atom stereocenters. The van der Waals surface area contributed by atoms with Crippen LogP contribution in [0.1, 0.15) is 17.0 Å². The number of piperazine rings is 1. The van der Waals surface area contributed by atoms with Gasteiger partial charge in [-0.25, -0.2) is 9.97 Å². The molecule has 1 saturated heterocycles. The largest absolute Gasteiger partial charge is 0.368 e. The minimum Gasteiger partial charge on any atom is -0.368 e. The van der Waals surface area contributed by atoms with Crippen LogP contribution in [0, 0.1) is 20.8 Å². The fourth-order valence-electron chi connectivity index (χ4n) is 3.64. The molecule has 1 aromatic heterocycles. The van der Waals surface area contributed by atoms with Gasteiger partial charge >= 0.3 is 0 Å². The number of nitrogens with one attached hydrogen (secondary N) is 1. The van der Waals surface area contributed by atoms with Crippen molar-refractivity contribution in [3.05, 3.63) is 71.5 Å². The molecule has 1 aliphatic rings. The number of rotatable bonds is 4. The van der Waals surface area contributed by atoms with Gasteiger partial charge in [0.15, 0.2) is 0 Å². The average molecular weight is 374 g/mol. The van der Waals surface area contributed by atoms with Gasteiger partial charge in [-0.05, 0) is 50.1 Å². The second kappa shape index (κ2) is 7.89. The van der Waals surface area contributed by atoms with Crippen molar-refractivity contribution in [2.24, 2.45) is 0 Å². The van der Waals surface area contributed by atoms with Crippen LogP contribution in [0.5, 0.6) is 0 Å². The van der Waals surface area contributed by atoms with Gasteiger partial charge in [-0.1, -0.05) is 30.3 Å². The maximum atomic E-state index is 4.69. The number of anilines is 4. The monoisotopic (exact) mass is 373 g/mol. The van der Waals surface area contributed by atoms with E-state index in [9.17, 15) is 0 Å². The molecule has 1 fully saturated rings. The maximum Gasteiger partial charge on any atom is 0.136 e. The quantitative estimate of drug-likeness (QED) is 0.731. The lowest BCUT2D eigenvalue weighted by Gasteiger charge is -2.36. The molecule has 0 saturated carbocycles. The Labute approximate surface area is 167 Å². The molecule has 144 valence electrons. The molecule has 0 aliphatic carbocycles. The lowest BCUT2D eigenvalue weighted by Crippen LogP contribution is -2.46. The van der Waals surface area contributed by atoms with Crippen molar-refractivity contribution in [1.29, 1.82) is 0 Å². The first-order chi connectivity index (χ1) is 13.6. The van der Waals surface area contributed by atoms with Crippen LogP contribution in [0.25, 0.3) is 0 Å². The van der Waals surface area contributed by atoms with Gasteiger partial charge in [0, 0.05) is 43.6 Å². The van der Waals surface area contributed by atoms with E-state index in [1.54, 1.807) is 0 Å². The number of nitrogens with zero attached hydrogens (tertiary/aromatic N) is 4. The molecule has 2 aromatic carbocycles. The summed E-state index contributed by atoms with van der Waals surface area (Å²) in [6.07, 6.45) is 0. The van der Waals surface area contributed by atoms with E-state index in [-0.39, 0.29) is 0 Å². The van der Waals surface area contributed by atoms with Crippen LogP contribution in [0.15, 0.2) is 54.6 Å². The SMILES string of the molecule is Cc1nc(Nc2cccc(C)c2C)cc(N2CCN(c3ccccc3)CC2)n1. The maximum absolute atomic E-state index is 4.69. The van der Waals surface area contributed by atoms with Gasteiger partial charge in [0.05, 0.1) is 0 Å². The summed E-state index contributed by atoms with van der Waals surface area (Å²) in [6.45, 7) is 10.1. The molecule has 0 amide bonds. The van der Waals surface area contributed by atoms with Gasteiger partial charge < -0.3 is 15.1 Å². The number of benzene rings is 2. The van der Waals surface area contributed by atoms with Crippen molar-refractivity contribution in [2.45, 2.75) is 20.8 Å². The summed E-state index contributed by atoms with van der Waals surface area (Å²) in [6, 6.07) is 19.0. The van der Waals surface area contributed by atoms with Crippen LogP contribution in [0.4, 0.5) is 23.0 Å². The summed E-state index contributed by atoms with van der Waals surface area (Å²) in [5.74, 6) is 2.63. The smallest absolute Gasteiger partial charge is 0.136 e.